The van der Waals surface area contributed by atoms with Crippen LogP contribution in [0.1, 0.15) is 0 Å². The summed E-state index contributed by atoms with van der Waals surface area (Å²) in [6, 6.07) is 17.2. The van der Waals surface area contributed by atoms with Crippen LogP contribution < -0.4 is 44.3 Å². The van der Waals surface area contributed by atoms with Crippen LogP contribution in [0.4, 0.5) is 0 Å². The van der Waals surface area contributed by atoms with Crippen molar-refractivity contribution in [2.75, 3.05) is 42.7 Å². The van der Waals surface area contributed by atoms with Crippen LogP contribution in [-0.2, 0) is 0 Å². The fourth-order valence-electron chi connectivity index (χ4n) is 3.49. The Hall–Kier alpha value is -2.82. The molecule has 3 rings (SSSR count). The van der Waals surface area contributed by atoms with E-state index in [4.69, 9.17) is 28.4 Å². The van der Waals surface area contributed by atoms with Crippen LogP contribution in [0.3, 0.4) is 0 Å². The van der Waals surface area contributed by atoms with Gasteiger partial charge in [-0.2, -0.15) is 0 Å². The molecule has 172 valence electrons. The first kappa shape index (κ1) is 25.4. The maximum atomic E-state index is 5.78. The minimum atomic E-state index is -1.36. The molecule has 0 amide bonds. The molecule has 0 N–H and O–H groups in total. The van der Waals surface area contributed by atoms with Crippen molar-refractivity contribution < 1.29 is 28.4 Å². The summed E-state index contributed by atoms with van der Waals surface area (Å²) in [6.45, 7) is 0. The summed E-state index contributed by atoms with van der Waals surface area (Å²) < 4.78 is 34.7. The van der Waals surface area contributed by atoms with E-state index < -0.39 is 7.92 Å². The van der Waals surface area contributed by atoms with Crippen molar-refractivity contribution >= 4 is 36.2 Å². The predicted molar refractivity (Wildman–Crippen MR) is 132 cm³/mol. The molecule has 3 aromatic carbocycles. The van der Waals surface area contributed by atoms with E-state index in [0.29, 0.717) is 34.5 Å². The van der Waals surface area contributed by atoms with E-state index >= 15 is 0 Å². The normalized spacial score (nSPS) is 10.2. The Labute approximate surface area is 196 Å². The van der Waals surface area contributed by atoms with E-state index in [1.54, 1.807) is 42.7 Å². The van der Waals surface area contributed by atoms with Crippen LogP contribution in [0.25, 0.3) is 0 Å². The van der Waals surface area contributed by atoms with Crippen molar-refractivity contribution in [3.05, 3.63) is 54.6 Å². The molecule has 0 radical (unpaired) electrons. The van der Waals surface area contributed by atoms with E-state index in [-0.39, 0.29) is 12.4 Å². The van der Waals surface area contributed by atoms with Gasteiger partial charge in [-0.05, 0) is 36.4 Å². The first-order valence-electron chi connectivity index (χ1n) is 9.58. The standard InChI is InChI=1S/C24H27O6P.ClH/c1-25-16-10-7-11-17(26-2)22(16)31(23-18(27-3)12-8-13-19(23)28-4)24-20(29-5)14-9-15-21(24)30-6;/h7-15H,1-6H3;1H. The van der Waals surface area contributed by atoms with E-state index in [1.165, 1.54) is 0 Å². The molecule has 8 heteroatoms. The molecule has 0 unspecified atom stereocenters. The highest BCUT2D eigenvalue weighted by molar-refractivity contribution is 7.81. The topological polar surface area (TPSA) is 55.4 Å². The van der Waals surface area contributed by atoms with Crippen molar-refractivity contribution in [1.82, 2.24) is 0 Å². The predicted octanol–water partition coefficient (Wildman–Crippen LogP) is 3.92. The minimum Gasteiger partial charge on any atom is -0.496 e. The minimum absolute atomic E-state index is 0. The molecular formula is C24H28ClO6P. The van der Waals surface area contributed by atoms with Crippen molar-refractivity contribution in [2.24, 2.45) is 0 Å². The van der Waals surface area contributed by atoms with Crippen LogP contribution in [-0.4, -0.2) is 42.7 Å². The van der Waals surface area contributed by atoms with E-state index in [0.717, 1.165) is 15.9 Å². The summed E-state index contributed by atoms with van der Waals surface area (Å²) in [5.74, 6) is 4.12. The van der Waals surface area contributed by atoms with E-state index in [1.807, 2.05) is 54.6 Å². The first-order valence-corrected chi connectivity index (χ1v) is 10.9. The quantitative estimate of drug-likeness (QED) is 0.435. The van der Waals surface area contributed by atoms with Gasteiger partial charge in [-0.1, -0.05) is 18.2 Å². The molecule has 0 atom stereocenters. The third-order valence-corrected chi connectivity index (χ3v) is 7.54. The summed E-state index contributed by atoms with van der Waals surface area (Å²) in [5.41, 5.74) is 0. The van der Waals surface area contributed by atoms with Crippen LogP contribution >= 0.6 is 20.3 Å². The summed E-state index contributed by atoms with van der Waals surface area (Å²) in [4.78, 5) is 0. The molecule has 6 nitrogen and oxygen atoms in total. The highest BCUT2D eigenvalue weighted by Gasteiger charge is 2.34. The van der Waals surface area contributed by atoms with E-state index in [9.17, 15) is 0 Å². The fraction of sp³-hybridized carbons (Fsp3) is 0.250. The van der Waals surface area contributed by atoms with Gasteiger partial charge in [0.05, 0.1) is 58.6 Å². The summed E-state index contributed by atoms with van der Waals surface area (Å²) >= 11 is 0. The molecule has 0 bridgehead atoms. The third kappa shape index (κ3) is 4.67. The van der Waals surface area contributed by atoms with Crippen molar-refractivity contribution in [2.45, 2.75) is 0 Å². The van der Waals surface area contributed by atoms with Crippen LogP contribution in [0.5, 0.6) is 34.5 Å². The highest BCUT2D eigenvalue weighted by atomic mass is 35.5. The largest absolute Gasteiger partial charge is 0.496 e. The van der Waals surface area contributed by atoms with Gasteiger partial charge >= 0.3 is 0 Å². The number of benzene rings is 3. The zero-order chi connectivity index (χ0) is 22.4. The molecule has 0 fully saturated rings. The molecule has 0 saturated heterocycles. The first-order chi connectivity index (χ1) is 15.1. The van der Waals surface area contributed by atoms with Crippen molar-refractivity contribution in [3.63, 3.8) is 0 Å². The lowest BCUT2D eigenvalue weighted by molar-refractivity contribution is 0.398. The zero-order valence-corrected chi connectivity index (χ0v) is 20.7. The molecular weight excluding hydrogens is 451 g/mol. The summed E-state index contributed by atoms with van der Waals surface area (Å²) in [5, 5.41) is 2.61. The third-order valence-electron chi connectivity index (χ3n) is 4.88. The number of methoxy groups -OCH3 is 6. The molecule has 0 aliphatic rings. The van der Waals surface area contributed by atoms with Gasteiger partial charge < -0.3 is 28.4 Å². The lowest BCUT2D eigenvalue weighted by atomic mass is 10.3. The Morgan fingerprint density at radius 3 is 0.750 bits per heavy atom. The van der Waals surface area contributed by atoms with E-state index in [2.05, 4.69) is 0 Å². The molecule has 0 heterocycles. The Bertz CT molecular complexity index is 844. The maximum absolute atomic E-state index is 5.78. The number of hydrogen-bond donors (Lipinski definition) is 0. The second kappa shape index (κ2) is 11.7. The van der Waals surface area contributed by atoms with Gasteiger partial charge in [-0.15, -0.1) is 12.4 Å². The second-order valence-electron chi connectivity index (χ2n) is 6.37. The Morgan fingerprint density at radius 1 is 0.406 bits per heavy atom. The van der Waals surface area contributed by atoms with Crippen LogP contribution in [0.2, 0.25) is 0 Å². The molecule has 0 aromatic heterocycles. The Kier molecular flexibility index (Phi) is 9.30. The molecule has 0 aliphatic carbocycles. The smallest absolute Gasteiger partial charge is 0.130 e. The molecule has 3 aromatic rings. The monoisotopic (exact) mass is 478 g/mol. The Morgan fingerprint density at radius 2 is 0.594 bits per heavy atom. The number of rotatable bonds is 9. The zero-order valence-electron chi connectivity index (χ0n) is 19.0. The molecule has 0 spiro atoms. The summed E-state index contributed by atoms with van der Waals surface area (Å²) in [6.07, 6.45) is 0. The molecule has 0 saturated carbocycles. The lowest BCUT2D eigenvalue weighted by Crippen LogP contribution is -2.27. The van der Waals surface area contributed by atoms with Gasteiger partial charge in [0.2, 0.25) is 0 Å². The fourth-order valence-corrected chi connectivity index (χ4v) is 6.48. The molecule has 0 aliphatic heterocycles. The van der Waals surface area contributed by atoms with Gasteiger partial charge in [0.25, 0.3) is 0 Å². The van der Waals surface area contributed by atoms with Crippen LogP contribution in [0, 0.1) is 0 Å². The second-order valence-corrected chi connectivity index (χ2v) is 8.38. The highest BCUT2D eigenvalue weighted by Crippen LogP contribution is 2.49. The van der Waals surface area contributed by atoms with Gasteiger partial charge in [0, 0.05) is 7.92 Å². The van der Waals surface area contributed by atoms with Gasteiger partial charge in [-0.25, -0.2) is 0 Å². The number of ether oxygens (including phenoxy) is 6. The van der Waals surface area contributed by atoms with Crippen molar-refractivity contribution in [1.29, 1.82) is 0 Å². The SMILES string of the molecule is COc1cccc(OC)c1P(c1c(OC)cccc1OC)c1c(OC)cccc1OC.Cl. The Balaban J connectivity index is 0.00000363. The number of hydrogen-bond acceptors (Lipinski definition) is 6. The van der Waals surface area contributed by atoms with Crippen LogP contribution in [0.15, 0.2) is 54.6 Å². The lowest BCUT2D eigenvalue weighted by Gasteiger charge is -2.28. The average Bonchev–Trinajstić information content (AvgIpc) is 2.83. The molecule has 32 heavy (non-hydrogen) atoms. The van der Waals surface area contributed by atoms with Gasteiger partial charge in [-0.3, -0.25) is 0 Å². The summed E-state index contributed by atoms with van der Waals surface area (Å²) in [7, 11) is 8.51. The maximum Gasteiger partial charge on any atom is 0.130 e. The number of halogens is 1. The van der Waals surface area contributed by atoms with Crippen molar-refractivity contribution in [3.8, 4) is 34.5 Å². The average molecular weight is 479 g/mol. The van der Waals surface area contributed by atoms with Gasteiger partial charge in [0.15, 0.2) is 0 Å². The van der Waals surface area contributed by atoms with Gasteiger partial charge in [0.1, 0.15) is 34.5 Å².